The van der Waals surface area contributed by atoms with E-state index in [-0.39, 0.29) is 53.3 Å². The summed E-state index contributed by atoms with van der Waals surface area (Å²) in [5, 5.41) is 0. The molecule has 0 aromatic heterocycles. The van der Waals surface area contributed by atoms with Gasteiger partial charge < -0.3 is 28.2 Å². The van der Waals surface area contributed by atoms with Crippen LogP contribution in [0.15, 0.2) is 66.7 Å². The van der Waals surface area contributed by atoms with Gasteiger partial charge in [-0.25, -0.2) is 4.57 Å². The van der Waals surface area contributed by atoms with Gasteiger partial charge in [-0.3, -0.25) is 4.79 Å². The average molecular weight is 494 g/mol. The maximum Gasteiger partial charge on any atom is 1.00 e. The van der Waals surface area contributed by atoms with E-state index in [4.69, 9.17) is 23.3 Å². The van der Waals surface area contributed by atoms with Gasteiger partial charge in [0.1, 0.15) is 34.3 Å². The number of Topliss-reactive ketones (excluding diaryl/α,β-unsaturated/α-hetero) is 1. The zero-order chi connectivity index (χ0) is 23.8. The van der Waals surface area contributed by atoms with Crippen molar-refractivity contribution in [2.45, 2.75) is 12.8 Å². The van der Waals surface area contributed by atoms with Crippen LogP contribution in [0.4, 0.5) is 0 Å². The molecule has 0 bridgehead atoms. The molecule has 10 heteroatoms. The molecular formula is C24H24NaO8P. The summed E-state index contributed by atoms with van der Waals surface area (Å²) in [6.45, 7) is 0. The molecule has 0 heterocycles. The normalized spacial score (nSPS) is 12.0. The van der Waals surface area contributed by atoms with E-state index in [1.807, 2.05) is 0 Å². The third-order valence-electron chi connectivity index (χ3n) is 4.74. The van der Waals surface area contributed by atoms with E-state index in [2.05, 4.69) is 0 Å². The van der Waals surface area contributed by atoms with E-state index < -0.39 is 7.82 Å². The van der Waals surface area contributed by atoms with Gasteiger partial charge in [0, 0.05) is 18.6 Å². The Hall–Kier alpha value is -2.48. The number of carbonyl (C=O) groups is 1. The minimum atomic E-state index is -4.59. The van der Waals surface area contributed by atoms with Gasteiger partial charge in [-0.15, -0.1) is 0 Å². The summed E-state index contributed by atoms with van der Waals surface area (Å²) in [7, 11) is -0.129. The summed E-state index contributed by atoms with van der Waals surface area (Å²) >= 11 is 0. The van der Waals surface area contributed by atoms with Crippen LogP contribution < -0.4 is 57.7 Å². The predicted molar refractivity (Wildman–Crippen MR) is 120 cm³/mol. The van der Waals surface area contributed by atoms with Crippen molar-refractivity contribution in [3.63, 3.8) is 0 Å². The second-order valence-electron chi connectivity index (χ2n) is 6.92. The molecule has 0 radical (unpaired) electrons. The predicted octanol–water partition coefficient (Wildman–Crippen LogP) is 1.46. The van der Waals surface area contributed by atoms with E-state index in [1.165, 1.54) is 45.6 Å². The molecule has 1 unspecified atom stereocenters. The standard InChI is InChI=1S/C24H25O8P.Na/c1-28-20-15-22(29-2)24(23(16-20)30-3)21(25)14-11-17-9-12-19(13-10-17)32-33(26,27)31-18-7-5-4-6-8-18;/h4-10,12-13,15-16H,11,14H2,1-3H3,(H,26,27);/q;+1/p-1. The molecule has 0 saturated carbocycles. The number of carbonyl (C=O) groups excluding carboxylic acids is 1. The molecule has 0 aliphatic carbocycles. The van der Waals surface area contributed by atoms with Crippen LogP contribution >= 0.6 is 7.82 Å². The molecule has 34 heavy (non-hydrogen) atoms. The first-order valence-corrected chi connectivity index (χ1v) is 11.5. The number of ketones is 1. The van der Waals surface area contributed by atoms with Crippen LogP contribution in [0.2, 0.25) is 0 Å². The van der Waals surface area contributed by atoms with E-state index in [0.29, 0.717) is 29.2 Å². The van der Waals surface area contributed by atoms with Crippen LogP contribution in [0, 0.1) is 0 Å². The van der Waals surface area contributed by atoms with E-state index >= 15 is 0 Å². The molecule has 0 saturated heterocycles. The van der Waals surface area contributed by atoms with Gasteiger partial charge in [0.15, 0.2) is 5.78 Å². The van der Waals surface area contributed by atoms with Gasteiger partial charge in [0.05, 0.1) is 21.3 Å². The van der Waals surface area contributed by atoms with Crippen LogP contribution in [-0.2, 0) is 11.0 Å². The molecule has 0 aliphatic rings. The zero-order valence-electron chi connectivity index (χ0n) is 19.5. The fourth-order valence-corrected chi connectivity index (χ4v) is 3.94. The third kappa shape index (κ3) is 7.52. The van der Waals surface area contributed by atoms with Gasteiger partial charge in [0.25, 0.3) is 0 Å². The quantitative estimate of drug-likeness (QED) is 0.224. The van der Waals surface area contributed by atoms with Crippen LogP contribution in [0.3, 0.4) is 0 Å². The maximum atomic E-state index is 12.9. The molecular weight excluding hydrogens is 470 g/mol. The Balaban J connectivity index is 0.00000408. The topological polar surface area (TPSA) is 103 Å². The maximum absolute atomic E-state index is 12.9. The van der Waals surface area contributed by atoms with Crippen LogP contribution in [0.25, 0.3) is 0 Å². The Bertz CT molecular complexity index is 1110. The first kappa shape index (κ1) is 27.8. The number of para-hydroxylation sites is 1. The van der Waals surface area contributed by atoms with Crippen molar-refractivity contribution < 1.29 is 67.1 Å². The first-order chi connectivity index (χ1) is 15.8. The molecule has 0 amide bonds. The Morgan fingerprint density at radius 1 is 0.794 bits per heavy atom. The number of phosphoric ester groups is 1. The van der Waals surface area contributed by atoms with E-state index in [9.17, 15) is 14.3 Å². The van der Waals surface area contributed by atoms with Crippen molar-refractivity contribution in [3.8, 4) is 28.7 Å². The summed E-state index contributed by atoms with van der Waals surface area (Å²) < 4.78 is 37.9. The number of rotatable bonds is 11. The molecule has 3 rings (SSSR count). The third-order valence-corrected chi connectivity index (χ3v) is 5.60. The number of aryl methyl sites for hydroxylation is 1. The molecule has 3 aromatic rings. The van der Waals surface area contributed by atoms with Gasteiger partial charge in [-0.2, -0.15) is 0 Å². The number of hydrogen-bond acceptors (Lipinski definition) is 8. The molecule has 3 aromatic carbocycles. The summed E-state index contributed by atoms with van der Waals surface area (Å²) in [5.41, 5.74) is 1.16. The fraction of sp³-hybridized carbons (Fsp3) is 0.208. The summed E-state index contributed by atoms with van der Waals surface area (Å²) in [4.78, 5) is 25.0. The average Bonchev–Trinajstić information content (AvgIpc) is 2.82. The Morgan fingerprint density at radius 3 is 1.82 bits per heavy atom. The molecule has 0 N–H and O–H groups in total. The SMILES string of the molecule is COc1cc(OC)c(C(=O)CCc2ccc(OP(=O)([O-])Oc3ccccc3)cc2)c(OC)c1.[Na+]. The Labute approximate surface area is 220 Å². The zero-order valence-corrected chi connectivity index (χ0v) is 22.4. The molecule has 8 nitrogen and oxygen atoms in total. The second-order valence-corrected chi connectivity index (χ2v) is 8.18. The van der Waals surface area contributed by atoms with Crippen molar-refractivity contribution >= 4 is 13.6 Å². The van der Waals surface area contributed by atoms with Crippen LogP contribution in [0.5, 0.6) is 28.7 Å². The van der Waals surface area contributed by atoms with E-state index in [1.54, 1.807) is 42.5 Å². The van der Waals surface area contributed by atoms with Gasteiger partial charge in [-0.05, 0) is 36.2 Å². The van der Waals surface area contributed by atoms with Crippen LogP contribution in [0.1, 0.15) is 22.3 Å². The number of ether oxygens (including phenoxy) is 3. The van der Waals surface area contributed by atoms with E-state index in [0.717, 1.165) is 5.56 Å². The van der Waals surface area contributed by atoms with Gasteiger partial charge in [0.2, 0.25) is 0 Å². The summed E-state index contributed by atoms with van der Waals surface area (Å²) in [6, 6.07) is 17.7. The van der Waals surface area contributed by atoms with Crippen molar-refractivity contribution in [3.05, 3.63) is 77.9 Å². The minimum absolute atomic E-state index is 0. The number of methoxy groups -OCH3 is 3. The number of hydrogen-bond donors (Lipinski definition) is 0. The summed E-state index contributed by atoms with van der Waals surface area (Å²) in [6.07, 6.45) is 0.615. The summed E-state index contributed by atoms with van der Waals surface area (Å²) in [5.74, 6) is 1.36. The van der Waals surface area contributed by atoms with Gasteiger partial charge >= 0.3 is 37.4 Å². The first-order valence-electron chi connectivity index (χ1n) is 10.0. The fourth-order valence-electron chi connectivity index (χ4n) is 3.14. The Morgan fingerprint density at radius 2 is 1.32 bits per heavy atom. The molecule has 0 fully saturated rings. The van der Waals surface area contributed by atoms with Crippen molar-refractivity contribution in [2.24, 2.45) is 0 Å². The smallest absolute Gasteiger partial charge is 0.736 e. The Kier molecular flexibility index (Phi) is 10.5. The molecule has 1 atom stereocenters. The minimum Gasteiger partial charge on any atom is -0.736 e. The molecule has 0 spiro atoms. The van der Waals surface area contributed by atoms with Gasteiger partial charge in [-0.1, -0.05) is 30.3 Å². The largest absolute Gasteiger partial charge is 1.00 e. The van der Waals surface area contributed by atoms with Crippen LogP contribution in [-0.4, -0.2) is 27.1 Å². The monoisotopic (exact) mass is 494 g/mol. The van der Waals surface area contributed by atoms with Crippen molar-refractivity contribution in [1.29, 1.82) is 0 Å². The van der Waals surface area contributed by atoms with Crippen molar-refractivity contribution in [1.82, 2.24) is 0 Å². The number of phosphoric acid groups is 1. The molecule has 0 aliphatic heterocycles. The second kappa shape index (κ2) is 12.8. The molecule has 174 valence electrons. The van der Waals surface area contributed by atoms with Crippen molar-refractivity contribution in [2.75, 3.05) is 21.3 Å². The number of benzene rings is 3.